The van der Waals surface area contributed by atoms with Gasteiger partial charge in [-0.15, -0.1) is 0 Å². The Balaban J connectivity index is 0.000000791. The maximum Gasteiger partial charge on any atom is 0.0299 e. The molecule has 2 nitrogen and oxygen atoms in total. The second-order valence-electron chi connectivity index (χ2n) is 2.98. The van der Waals surface area contributed by atoms with Gasteiger partial charge in [0.2, 0.25) is 0 Å². The number of hydrogen-bond acceptors (Lipinski definition) is 3. The van der Waals surface area contributed by atoms with Crippen LogP contribution < -0.4 is 5.43 Å². The molecule has 1 unspecified atom stereocenters. The second-order valence-corrected chi connectivity index (χ2v) is 3.47. The third kappa shape index (κ3) is 4.01. The smallest absolute Gasteiger partial charge is 0.0299 e. The highest BCUT2D eigenvalue weighted by Gasteiger charge is 2.12. The monoisotopic (exact) mass is 212 g/mol. The normalized spacial score (nSPS) is 17.1. The molecule has 1 rings (SSSR count). The highest BCUT2D eigenvalue weighted by atomic mass is 32.1. The van der Waals surface area contributed by atoms with Gasteiger partial charge in [-0.1, -0.05) is 39.9 Å². The fourth-order valence-corrected chi connectivity index (χ4v) is 1.46. The molecule has 1 atom stereocenters. The Bertz CT molecular complexity index is 231. The lowest BCUT2D eigenvalue weighted by Gasteiger charge is -2.12. The molecule has 0 aromatic carbocycles. The number of nitrogens with zero attached hydrogens (tertiary/aromatic N) is 1. The third-order valence-corrected chi connectivity index (χ3v) is 2.53. The van der Waals surface area contributed by atoms with E-state index in [4.69, 9.17) is 12.2 Å². The van der Waals surface area contributed by atoms with Gasteiger partial charge in [-0.3, -0.25) is 5.43 Å². The van der Waals surface area contributed by atoms with Crippen LogP contribution in [-0.4, -0.2) is 11.1 Å². The van der Waals surface area contributed by atoms with Crippen molar-refractivity contribution in [3.05, 3.63) is 11.8 Å². The quantitative estimate of drug-likeness (QED) is 0.710. The van der Waals surface area contributed by atoms with Crippen molar-refractivity contribution in [3.8, 4) is 0 Å². The van der Waals surface area contributed by atoms with Crippen molar-refractivity contribution in [2.75, 3.05) is 0 Å². The van der Waals surface area contributed by atoms with E-state index in [0.717, 1.165) is 17.7 Å². The Morgan fingerprint density at radius 2 is 2.21 bits per heavy atom. The van der Waals surface area contributed by atoms with E-state index < -0.39 is 0 Å². The molecule has 14 heavy (non-hydrogen) atoms. The summed E-state index contributed by atoms with van der Waals surface area (Å²) in [6.45, 7) is 8.35. The van der Waals surface area contributed by atoms with Crippen molar-refractivity contribution in [1.29, 1.82) is 0 Å². The first-order chi connectivity index (χ1) is 6.75. The van der Waals surface area contributed by atoms with Crippen LogP contribution in [0.15, 0.2) is 16.9 Å². The van der Waals surface area contributed by atoms with Gasteiger partial charge in [-0.2, -0.15) is 5.10 Å². The van der Waals surface area contributed by atoms with Crippen LogP contribution in [-0.2, 0) is 0 Å². The van der Waals surface area contributed by atoms with Crippen molar-refractivity contribution in [3.63, 3.8) is 0 Å². The average molecular weight is 212 g/mol. The van der Waals surface area contributed by atoms with Crippen molar-refractivity contribution < 1.29 is 0 Å². The molecule has 0 fully saturated rings. The summed E-state index contributed by atoms with van der Waals surface area (Å²) in [6.07, 6.45) is 5.64. The lowest BCUT2D eigenvalue weighted by atomic mass is 9.95. The van der Waals surface area contributed by atoms with E-state index in [0.29, 0.717) is 5.92 Å². The summed E-state index contributed by atoms with van der Waals surface area (Å²) >= 11 is 5.26. The van der Waals surface area contributed by atoms with Gasteiger partial charge in [0.05, 0.1) is 0 Å². The SMILES string of the molecule is CC.CCC(C)C1=CNN=CCC1=S. The van der Waals surface area contributed by atoms with Gasteiger partial charge in [-0.25, -0.2) is 0 Å². The van der Waals surface area contributed by atoms with E-state index in [1.807, 2.05) is 26.3 Å². The van der Waals surface area contributed by atoms with Gasteiger partial charge in [0.1, 0.15) is 0 Å². The van der Waals surface area contributed by atoms with Crippen molar-refractivity contribution in [1.82, 2.24) is 5.43 Å². The summed E-state index contributed by atoms with van der Waals surface area (Å²) in [7, 11) is 0. The number of hydrazone groups is 1. The average Bonchev–Trinajstić information content (AvgIpc) is 2.45. The van der Waals surface area contributed by atoms with Crippen molar-refractivity contribution in [2.24, 2.45) is 11.0 Å². The van der Waals surface area contributed by atoms with Gasteiger partial charge < -0.3 is 0 Å². The van der Waals surface area contributed by atoms with Crippen molar-refractivity contribution in [2.45, 2.75) is 40.5 Å². The van der Waals surface area contributed by atoms with Crippen LogP contribution in [0.1, 0.15) is 40.5 Å². The Kier molecular flexibility index (Phi) is 7.30. The first-order valence-corrected chi connectivity index (χ1v) is 5.66. The topological polar surface area (TPSA) is 24.4 Å². The van der Waals surface area contributed by atoms with Crippen LogP contribution in [0.25, 0.3) is 0 Å². The number of nitrogens with one attached hydrogen (secondary N) is 1. The Morgan fingerprint density at radius 1 is 1.57 bits per heavy atom. The maximum atomic E-state index is 5.26. The van der Waals surface area contributed by atoms with Crippen LogP contribution in [0, 0.1) is 5.92 Å². The van der Waals surface area contributed by atoms with E-state index in [1.54, 1.807) is 0 Å². The van der Waals surface area contributed by atoms with E-state index in [1.165, 1.54) is 5.57 Å². The van der Waals surface area contributed by atoms with Crippen molar-refractivity contribution >= 4 is 23.3 Å². The molecule has 0 aliphatic carbocycles. The maximum absolute atomic E-state index is 5.26. The van der Waals surface area contributed by atoms with E-state index in [-0.39, 0.29) is 0 Å². The minimum atomic E-state index is 0.534. The summed E-state index contributed by atoms with van der Waals surface area (Å²) in [4.78, 5) is 1.01. The van der Waals surface area contributed by atoms with Gasteiger partial charge >= 0.3 is 0 Å². The molecule has 0 aromatic heterocycles. The third-order valence-electron chi connectivity index (χ3n) is 2.13. The molecule has 0 saturated heterocycles. The number of thiocarbonyl (C=S) groups is 1. The molecule has 1 aliphatic rings. The lowest BCUT2D eigenvalue weighted by molar-refractivity contribution is 0.673. The fraction of sp³-hybridized carbons (Fsp3) is 0.636. The molecule has 1 aliphatic heterocycles. The molecular weight excluding hydrogens is 192 g/mol. The zero-order valence-electron chi connectivity index (χ0n) is 9.50. The molecule has 3 heteroatoms. The first-order valence-electron chi connectivity index (χ1n) is 5.26. The van der Waals surface area contributed by atoms with Crippen LogP contribution in [0.2, 0.25) is 0 Å². The van der Waals surface area contributed by atoms with Gasteiger partial charge in [0, 0.05) is 23.7 Å². The van der Waals surface area contributed by atoms with Gasteiger partial charge in [0.25, 0.3) is 0 Å². The Morgan fingerprint density at radius 3 is 2.79 bits per heavy atom. The second kappa shape index (κ2) is 7.68. The highest BCUT2D eigenvalue weighted by molar-refractivity contribution is 7.80. The summed E-state index contributed by atoms with van der Waals surface area (Å²) < 4.78 is 0. The summed E-state index contributed by atoms with van der Waals surface area (Å²) in [5, 5.41) is 3.95. The minimum absolute atomic E-state index is 0.534. The number of allylic oxidation sites excluding steroid dienone is 1. The summed E-state index contributed by atoms with van der Waals surface area (Å²) in [5.41, 5.74) is 4.09. The van der Waals surface area contributed by atoms with Gasteiger partial charge in [-0.05, 0) is 17.9 Å². The first kappa shape index (κ1) is 13.3. The van der Waals surface area contributed by atoms with E-state index >= 15 is 0 Å². The predicted octanol–water partition coefficient (Wildman–Crippen LogP) is 3.29. The predicted molar refractivity (Wildman–Crippen MR) is 67.7 cm³/mol. The molecule has 0 amide bonds. The molecule has 0 aromatic rings. The molecule has 0 radical (unpaired) electrons. The molecule has 0 bridgehead atoms. The Labute approximate surface area is 92.5 Å². The zero-order valence-corrected chi connectivity index (χ0v) is 10.3. The largest absolute Gasteiger partial charge is 0.286 e. The van der Waals surface area contributed by atoms with Crippen LogP contribution in [0.3, 0.4) is 0 Å². The van der Waals surface area contributed by atoms with Gasteiger partial charge in [0.15, 0.2) is 0 Å². The minimum Gasteiger partial charge on any atom is -0.286 e. The van der Waals surface area contributed by atoms with E-state index in [2.05, 4.69) is 24.4 Å². The molecule has 1 N–H and O–H groups in total. The van der Waals surface area contributed by atoms with Crippen LogP contribution >= 0.6 is 12.2 Å². The molecule has 1 heterocycles. The molecule has 0 saturated carbocycles. The molecule has 0 spiro atoms. The Hall–Kier alpha value is -0.700. The zero-order chi connectivity index (χ0) is 11.0. The molecule has 80 valence electrons. The van der Waals surface area contributed by atoms with Crippen LogP contribution in [0.5, 0.6) is 0 Å². The molecular formula is C11H20N2S. The number of rotatable bonds is 2. The highest BCUT2D eigenvalue weighted by Crippen LogP contribution is 2.17. The standard InChI is InChI=1S/C9H14N2S.C2H6/c1-3-7(2)8-6-11-10-5-4-9(8)12;1-2/h5-7,11H,3-4H2,1-2H3;1-2H3. The number of hydrogen-bond donors (Lipinski definition) is 1. The van der Waals surface area contributed by atoms with E-state index in [9.17, 15) is 0 Å². The van der Waals surface area contributed by atoms with Crippen LogP contribution in [0.4, 0.5) is 0 Å². The fourth-order valence-electron chi connectivity index (χ4n) is 1.12. The summed E-state index contributed by atoms with van der Waals surface area (Å²) in [5.74, 6) is 0.534. The lowest BCUT2D eigenvalue weighted by Crippen LogP contribution is -2.09. The summed E-state index contributed by atoms with van der Waals surface area (Å²) in [6, 6.07) is 0.